The lowest BCUT2D eigenvalue weighted by atomic mass is 10.3. The Morgan fingerprint density at radius 2 is 2.11 bits per heavy atom. The minimum Gasteiger partial charge on any atom is -0.364 e. The number of aromatic nitrogens is 3. The van der Waals surface area contributed by atoms with Crippen LogP contribution in [-0.4, -0.2) is 20.3 Å². The molecule has 94 valence electrons. The van der Waals surface area contributed by atoms with E-state index in [1.165, 1.54) is 0 Å². The van der Waals surface area contributed by atoms with Gasteiger partial charge in [0.1, 0.15) is 11.4 Å². The summed E-state index contributed by atoms with van der Waals surface area (Å²) in [6.07, 6.45) is 3.65. The maximum atomic E-state index is 11.2. The fraction of sp³-hybridized carbons (Fsp3) is 0. The molecule has 19 heavy (non-hydrogen) atoms. The van der Waals surface area contributed by atoms with Crippen molar-refractivity contribution < 1.29 is 4.79 Å². The van der Waals surface area contributed by atoms with E-state index in [1.54, 1.807) is 24.4 Å². The van der Waals surface area contributed by atoms with E-state index in [2.05, 4.69) is 25.9 Å². The highest BCUT2D eigenvalue weighted by molar-refractivity contribution is 9.10. The number of hydrogen-bond acceptors (Lipinski definition) is 3. The SMILES string of the molecule is NC(=O)c1cccc(-c2ncc3ccc(Br)cn23)n1. The topological polar surface area (TPSA) is 73.3 Å². The summed E-state index contributed by atoms with van der Waals surface area (Å²) in [5.41, 5.74) is 7.02. The molecule has 1 amide bonds. The average molecular weight is 317 g/mol. The number of fused-ring (bicyclic) bond motifs is 1. The van der Waals surface area contributed by atoms with Crippen LogP contribution in [0.2, 0.25) is 0 Å². The van der Waals surface area contributed by atoms with Gasteiger partial charge < -0.3 is 5.73 Å². The predicted octanol–water partition coefficient (Wildman–Crippen LogP) is 2.26. The smallest absolute Gasteiger partial charge is 0.267 e. The number of primary amides is 1. The molecule has 5 nitrogen and oxygen atoms in total. The van der Waals surface area contributed by atoms with E-state index in [9.17, 15) is 4.79 Å². The molecule has 3 heterocycles. The van der Waals surface area contributed by atoms with E-state index in [0.29, 0.717) is 11.5 Å². The fourth-order valence-electron chi connectivity index (χ4n) is 1.85. The molecule has 0 aliphatic carbocycles. The van der Waals surface area contributed by atoms with Gasteiger partial charge in [0.05, 0.1) is 11.7 Å². The molecular weight excluding hydrogens is 308 g/mol. The number of amides is 1. The monoisotopic (exact) mass is 316 g/mol. The van der Waals surface area contributed by atoms with Gasteiger partial charge in [-0.05, 0) is 40.2 Å². The van der Waals surface area contributed by atoms with Gasteiger partial charge >= 0.3 is 0 Å². The van der Waals surface area contributed by atoms with Gasteiger partial charge in [0, 0.05) is 10.7 Å². The number of rotatable bonds is 2. The van der Waals surface area contributed by atoms with Crippen molar-refractivity contribution in [2.75, 3.05) is 0 Å². The lowest BCUT2D eigenvalue weighted by molar-refractivity contribution is 0.0995. The van der Waals surface area contributed by atoms with Crippen LogP contribution < -0.4 is 5.73 Å². The second-order valence-electron chi connectivity index (χ2n) is 4.00. The fourth-order valence-corrected chi connectivity index (χ4v) is 2.19. The van der Waals surface area contributed by atoms with E-state index < -0.39 is 5.91 Å². The molecule has 0 aromatic carbocycles. The second kappa shape index (κ2) is 4.47. The van der Waals surface area contributed by atoms with Gasteiger partial charge in [-0.15, -0.1) is 0 Å². The van der Waals surface area contributed by atoms with Crippen LogP contribution in [0.5, 0.6) is 0 Å². The van der Waals surface area contributed by atoms with Gasteiger partial charge in [-0.25, -0.2) is 9.97 Å². The summed E-state index contributed by atoms with van der Waals surface area (Å²) in [6, 6.07) is 8.99. The highest BCUT2D eigenvalue weighted by Gasteiger charge is 2.10. The standard InChI is InChI=1S/C13H9BrN4O/c14-8-4-5-9-6-16-13(18(9)7-8)11-3-1-2-10(17-11)12(15)19/h1-7H,(H2,15,19). The zero-order valence-electron chi connectivity index (χ0n) is 9.75. The van der Waals surface area contributed by atoms with Crippen molar-refractivity contribution in [1.82, 2.24) is 14.4 Å². The van der Waals surface area contributed by atoms with Gasteiger partial charge in [0.15, 0.2) is 5.82 Å². The summed E-state index contributed by atoms with van der Waals surface area (Å²) >= 11 is 3.42. The van der Waals surface area contributed by atoms with Crippen LogP contribution in [0.1, 0.15) is 10.5 Å². The molecule has 0 saturated carbocycles. The highest BCUT2D eigenvalue weighted by Crippen LogP contribution is 2.20. The average Bonchev–Trinajstić information content (AvgIpc) is 2.81. The first-order valence-corrected chi connectivity index (χ1v) is 6.34. The number of carbonyl (C=O) groups excluding carboxylic acids is 1. The van der Waals surface area contributed by atoms with Crippen molar-refractivity contribution in [1.29, 1.82) is 0 Å². The molecule has 2 N–H and O–H groups in total. The number of pyridine rings is 2. The largest absolute Gasteiger partial charge is 0.364 e. The van der Waals surface area contributed by atoms with E-state index in [1.807, 2.05) is 22.7 Å². The molecule has 3 aromatic heterocycles. The van der Waals surface area contributed by atoms with Crippen LogP contribution in [0.15, 0.2) is 47.2 Å². The van der Waals surface area contributed by atoms with Gasteiger partial charge in [-0.3, -0.25) is 9.20 Å². The Morgan fingerprint density at radius 3 is 2.89 bits per heavy atom. The zero-order chi connectivity index (χ0) is 13.4. The third-order valence-corrected chi connectivity index (χ3v) is 3.19. The molecule has 3 aromatic rings. The minimum absolute atomic E-state index is 0.226. The predicted molar refractivity (Wildman–Crippen MR) is 74.6 cm³/mol. The number of halogens is 1. The Bertz CT molecular complexity index is 781. The zero-order valence-corrected chi connectivity index (χ0v) is 11.3. The number of imidazole rings is 1. The van der Waals surface area contributed by atoms with Gasteiger partial charge in [-0.2, -0.15) is 0 Å². The first-order chi connectivity index (χ1) is 9.15. The molecule has 0 fully saturated rings. The molecule has 0 radical (unpaired) electrons. The first kappa shape index (κ1) is 11.9. The van der Waals surface area contributed by atoms with Crippen LogP contribution in [-0.2, 0) is 0 Å². The van der Waals surface area contributed by atoms with E-state index in [4.69, 9.17) is 5.73 Å². The lowest BCUT2D eigenvalue weighted by Gasteiger charge is -2.02. The van der Waals surface area contributed by atoms with Crippen molar-refractivity contribution in [3.8, 4) is 11.5 Å². The summed E-state index contributed by atoms with van der Waals surface area (Å²) in [7, 11) is 0. The molecule has 6 heteroatoms. The quantitative estimate of drug-likeness (QED) is 0.788. The Balaban J connectivity index is 2.21. The summed E-state index contributed by atoms with van der Waals surface area (Å²) < 4.78 is 2.84. The maximum Gasteiger partial charge on any atom is 0.267 e. The first-order valence-electron chi connectivity index (χ1n) is 5.55. The van der Waals surface area contributed by atoms with Gasteiger partial charge in [0.25, 0.3) is 5.91 Å². The minimum atomic E-state index is -0.552. The van der Waals surface area contributed by atoms with Gasteiger partial charge in [-0.1, -0.05) is 6.07 Å². The van der Waals surface area contributed by atoms with Crippen LogP contribution in [0.3, 0.4) is 0 Å². The van der Waals surface area contributed by atoms with Crippen LogP contribution in [0, 0.1) is 0 Å². The Hall–Kier alpha value is -2.21. The van der Waals surface area contributed by atoms with E-state index in [-0.39, 0.29) is 5.69 Å². The van der Waals surface area contributed by atoms with Crippen molar-refractivity contribution in [3.63, 3.8) is 0 Å². The third kappa shape index (κ3) is 2.10. The Morgan fingerprint density at radius 1 is 1.26 bits per heavy atom. The number of carbonyl (C=O) groups is 1. The molecule has 0 bridgehead atoms. The molecule has 0 aliphatic heterocycles. The Kier molecular flexibility index (Phi) is 2.79. The molecule has 0 spiro atoms. The molecule has 3 rings (SSSR count). The molecular formula is C13H9BrN4O. The number of nitrogens with two attached hydrogens (primary N) is 1. The summed E-state index contributed by atoms with van der Waals surface area (Å²) in [4.78, 5) is 19.7. The van der Waals surface area contributed by atoms with E-state index >= 15 is 0 Å². The van der Waals surface area contributed by atoms with Crippen molar-refractivity contribution in [2.45, 2.75) is 0 Å². The van der Waals surface area contributed by atoms with Crippen LogP contribution >= 0.6 is 15.9 Å². The maximum absolute atomic E-state index is 11.2. The summed E-state index contributed by atoms with van der Waals surface area (Å²) in [6.45, 7) is 0. The normalized spacial score (nSPS) is 10.8. The van der Waals surface area contributed by atoms with Gasteiger partial charge in [0.2, 0.25) is 0 Å². The lowest BCUT2D eigenvalue weighted by Crippen LogP contribution is -2.13. The highest BCUT2D eigenvalue weighted by atomic mass is 79.9. The second-order valence-corrected chi connectivity index (χ2v) is 4.91. The summed E-state index contributed by atoms with van der Waals surface area (Å²) in [5, 5.41) is 0. The van der Waals surface area contributed by atoms with Crippen LogP contribution in [0.25, 0.3) is 17.0 Å². The molecule has 0 saturated heterocycles. The van der Waals surface area contributed by atoms with Crippen molar-refractivity contribution in [3.05, 3.63) is 52.9 Å². The summed E-state index contributed by atoms with van der Waals surface area (Å²) in [5.74, 6) is 0.114. The van der Waals surface area contributed by atoms with Crippen molar-refractivity contribution >= 4 is 27.4 Å². The Labute approximate surface area is 117 Å². The number of hydrogen-bond donors (Lipinski definition) is 1. The van der Waals surface area contributed by atoms with Crippen molar-refractivity contribution in [2.24, 2.45) is 5.73 Å². The van der Waals surface area contributed by atoms with Crippen LogP contribution in [0.4, 0.5) is 0 Å². The molecule has 0 unspecified atom stereocenters. The third-order valence-electron chi connectivity index (χ3n) is 2.72. The molecule has 0 aliphatic rings. The van der Waals surface area contributed by atoms with E-state index in [0.717, 1.165) is 9.99 Å². The number of nitrogens with zero attached hydrogens (tertiary/aromatic N) is 3. The molecule has 0 atom stereocenters.